The van der Waals surface area contributed by atoms with Crippen molar-refractivity contribution in [1.82, 2.24) is 9.88 Å². The Morgan fingerprint density at radius 2 is 2.00 bits per heavy atom. The van der Waals surface area contributed by atoms with Crippen molar-refractivity contribution in [1.29, 1.82) is 0 Å². The summed E-state index contributed by atoms with van der Waals surface area (Å²) in [5, 5.41) is 20.4. The number of benzene rings is 1. The van der Waals surface area contributed by atoms with E-state index in [0.717, 1.165) is 17.7 Å². The van der Waals surface area contributed by atoms with Gasteiger partial charge in [0.05, 0.1) is 11.0 Å². The highest BCUT2D eigenvalue weighted by Crippen LogP contribution is 2.29. The molecule has 1 heterocycles. The van der Waals surface area contributed by atoms with Crippen molar-refractivity contribution in [2.75, 3.05) is 7.05 Å². The van der Waals surface area contributed by atoms with Crippen molar-refractivity contribution < 1.29 is 14.8 Å². The third-order valence-corrected chi connectivity index (χ3v) is 3.68. The number of pyridine rings is 1. The smallest absolute Gasteiger partial charge is 0.310 e. The molecule has 1 atom stereocenters. The average molecular weight is 315 g/mol. The molecule has 7 nitrogen and oxygen atoms in total. The quantitative estimate of drug-likeness (QED) is 0.676. The molecule has 2 aromatic rings. The lowest BCUT2D eigenvalue weighted by atomic mass is 10.0. The van der Waals surface area contributed by atoms with Gasteiger partial charge in [0.2, 0.25) is 0 Å². The van der Waals surface area contributed by atoms with Crippen molar-refractivity contribution in [3.63, 3.8) is 0 Å². The molecule has 23 heavy (non-hydrogen) atoms. The van der Waals surface area contributed by atoms with Crippen LogP contribution in [0.5, 0.6) is 5.75 Å². The zero-order valence-electron chi connectivity index (χ0n) is 12.8. The van der Waals surface area contributed by atoms with Crippen molar-refractivity contribution in [2.24, 2.45) is 0 Å². The van der Waals surface area contributed by atoms with Crippen molar-refractivity contribution in [3.8, 4) is 5.75 Å². The highest BCUT2D eigenvalue weighted by atomic mass is 16.6. The van der Waals surface area contributed by atoms with Gasteiger partial charge < -0.3 is 10.0 Å². The van der Waals surface area contributed by atoms with Crippen molar-refractivity contribution >= 4 is 11.6 Å². The Balaban J connectivity index is 2.28. The fraction of sp³-hybridized carbons (Fsp3) is 0.250. The number of carbonyl (C=O) groups excluding carboxylic acids is 1. The molecule has 0 aliphatic carbocycles. The minimum atomic E-state index is -0.695. The molecule has 0 saturated heterocycles. The second kappa shape index (κ2) is 6.87. The topological polar surface area (TPSA) is 96.6 Å². The predicted octanol–water partition coefficient (Wildman–Crippen LogP) is 2.92. The van der Waals surface area contributed by atoms with Crippen LogP contribution in [0.1, 0.15) is 35.3 Å². The second-order valence-corrected chi connectivity index (χ2v) is 5.08. The summed E-state index contributed by atoms with van der Waals surface area (Å²) >= 11 is 0. The largest absolute Gasteiger partial charge is 0.502 e. The van der Waals surface area contributed by atoms with E-state index in [1.54, 1.807) is 24.3 Å². The van der Waals surface area contributed by atoms with Crippen LogP contribution < -0.4 is 0 Å². The van der Waals surface area contributed by atoms with Gasteiger partial charge in [-0.1, -0.05) is 6.92 Å². The molecular weight excluding hydrogens is 298 g/mol. The van der Waals surface area contributed by atoms with E-state index in [1.807, 2.05) is 19.1 Å². The molecule has 0 saturated carbocycles. The molecule has 1 N–H and O–H groups in total. The Morgan fingerprint density at radius 1 is 1.35 bits per heavy atom. The molecule has 2 rings (SSSR count). The minimum absolute atomic E-state index is 0.150. The maximum atomic E-state index is 12.6. The lowest BCUT2D eigenvalue weighted by molar-refractivity contribution is -0.385. The SMILES string of the molecule is CCC(c1ccncc1)N(C)C(=O)c1ccc([N+](=O)[O-])c(O)c1. The van der Waals surface area contributed by atoms with E-state index in [1.165, 1.54) is 6.07 Å². The van der Waals surface area contributed by atoms with Gasteiger partial charge in [-0.2, -0.15) is 0 Å². The minimum Gasteiger partial charge on any atom is -0.502 e. The van der Waals surface area contributed by atoms with Crippen LogP contribution in [-0.2, 0) is 0 Å². The van der Waals surface area contributed by atoms with E-state index in [-0.39, 0.29) is 17.5 Å². The summed E-state index contributed by atoms with van der Waals surface area (Å²) in [5.41, 5.74) is 0.720. The number of phenols is 1. The van der Waals surface area contributed by atoms with Gasteiger partial charge in [-0.05, 0) is 36.2 Å². The molecule has 7 heteroatoms. The Hall–Kier alpha value is -2.96. The summed E-state index contributed by atoms with van der Waals surface area (Å²) in [5.74, 6) is -0.843. The molecule has 0 radical (unpaired) electrons. The highest BCUT2D eigenvalue weighted by Gasteiger charge is 2.23. The van der Waals surface area contributed by atoms with Gasteiger partial charge in [0, 0.05) is 31.1 Å². The van der Waals surface area contributed by atoms with E-state index in [0.29, 0.717) is 6.42 Å². The van der Waals surface area contributed by atoms with E-state index in [2.05, 4.69) is 4.98 Å². The number of nitrogens with zero attached hydrogens (tertiary/aromatic N) is 3. The van der Waals surface area contributed by atoms with Gasteiger partial charge in [-0.3, -0.25) is 19.9 Å². The zero-order valence-corrected chi connectivity index (χ0v) is 12.8. The molecule has 1 aromatic carbocycles. The van der Waals surface area contributed by atoms with Gasteiger partial charge in [-0.15, -0.1) is 0 Å². The van der Waals surface area contributed by atoms with E-state index < -0.39 is 16.4 Å². The summed E-state index contributed by atoms with van der Waals surface area (Å²) in [7, 11) is 1.66. The summed E-state index contributed by atoms with van der Waals surface area (Å²) in [4.78, 5) is 28.1. The molecule has 120 valence electrons. The molecular formula is C16H17N3O4. The first-order chi connectivity index (χ1) is 11.0. The molecule has 0 fully saturated rings. The van der Waals surface area contributed by atoms with Gasteiger partial charge in [0.15, 0.2) is 5.75 Å². The number of amides is 1. The standard InChI is InChI=1S/C16H17N3O4/c1-3-13(11-6-8-17-9-7-11)18(2)16(21)12-4-5-14(19(22)23)15(20)10-12/h4-10,13,20H,3H2,1-2H3. The fourth-order valence-electron chi connectivity index (χ4n) is 2.47. The van der Waals surface area contributed by atoms with Crippen LogP contribution in [0.15, 0.2) is 42.7 Å². The number of carbonyl (C=O) groups is 1. The van der Waals surface area contributed by atoms with E-state index in [4.69, 9.17) is 0 Å². The maximum absolute atomic E-state index is 12.6. The van der Waals surface area contributed by atoms with Crippen LogP contribution in [-0.4, -0.2) is 32.9 Å². The number of rotatable bonds is 5. The number of aromatic hydroxyl groups is 1. The lowest BCUT2D eigenvalue weighted by Crippen LogP contribution is -2.31. The molecule has 0 aliphatic heterocycles. The maximum Gasteiger partial charge on any atom is 0.310 e. The predicted molar refractivity (Wildman–Crippen MR) is 84.1 cm³/mol. The molecule has 1 amide bonds. The number of hydrogen-bond donors (Lipinski definition) is 1. The molecule has 1 aromatic heterocycles. The fourth-order valence-corrected chi connectivity index (χ4v) is 2.47. The number of aromatic nitrogens is 1. The monoisotopic (exact) mass is 315 g/mol. The van der Waals surface area contributed by atoms with Gasteiger partial charge in [-0.25, -0.2) is 0 Å². The van der Waals surface area contributed by atoms with Crippen molar-refractivity contribution in [3.05, 3.63) is 64.0 Å². The summed E-state index contributed by atoms with van der Waals surface area (Å²) in [6, 6.07) is 7.12. The molecule has 0 bridgehead atoms. The number of hydrogen-bond acceptors (Lipinski definition) is 5. The van der Waals surface area contributed by atoms with Gasteiger partial charge in [0.25, 0.3) is 5.91 Å². The first kappa shape index (κ1) is 16.4. The Kier molecular flexibility index (Phi) is 4.90. The average Bonchev–Trinajstić information content (AvgIpc) is 2.55. The third kappa shape index (κ3) is 3.45. The van der Waals surface area contributed by atoms with E-state index >= 15 is 0 Å². The van der Waals surface area contributed by atoms with Crippen LogP contribution in [0.25, 0.3) is 0 Å². The molecule has 1 unspecified atom stereocenters. The van der Waals surface area contributed by atoms with Crippen LogP contribution >= 0.6 is 0 Å². The normalized spacial score (nSPS) is 11.7. The van der Waals surface area contributed by atoms with Crippen molar-refractivity contribution in [2.45, 2.75) is 19.4 Å². The molecule has 0 aliphatic rings. The van der Waals surface area contributed by atoms with E-state index in [9.17, 15) is 20.0 Å². The van der Waals surface area contributed by atoms with Crippen LogP contribution in [0, 0.1) is 10.1 Å². The summed E-state index contributed by atoms with van der Waals surface area (Å²) in [6.07, 6.45) is 4.02. The number of nitro groups is 1. The Labute approximate surface area is 133 Å². The van der Waals surface area contributed by atoms with Gasteiger partial charge in [0.1, 0.15) is 0 Å². The summed E-state index contributed by atoms with van der Waals surface area (Å²) < 4.78 is 0. The number of phenolic OH excluding ortho intramolecular Hbond substituents is 1. The van der Waals surface area contributed by atoms with Crippen LogP contribution in [0.3, 0.4) is 0 Å². The zero-order chi connectivity index (χ0) is 17.0. The number of nitro benzene ring substituents is 1. The summed E-state index contributed by atoms with van der Waals surface area (Å²) in [6.45, 7) is 1.96. The van der Waals surface area contributed by atoms with Crippen LogP contribution in [0.2, 0.25) is 0 Å². The van der Waals surface area contributed by atoms with Crippen LogP contribution in [0.4, 0.5) is 5.69 Å². The van der Waals surface area contributed by atoms with Gasteiger partial charge >= 0.3 is 5.69 Å². The third-order valence-electron chi connectivity index (χ3n) is 3.68. The Morgan fingerprint density at radius 3 is 2.52 bits per heavy atom. The molecule has 0 spiro atoms. The first-order valence-corrected chi connectivity index (χ1v) is 7.10. The lowest BCUT2D eigenvalue weighted by Gasteiger charge is -2.27. The second-order valence-electron chi connectivity index (χ2n) is 5.08. The Bertz CT molecular complexity index is 719. The first-order valence-electron chi connectivity index (χ1n) is 7.10. The highest BCUT2D eigenvalue weighted by molar-refractivity contribution is 5.95.